The van der Waals surface area contributed by atoms with Crippen molar-refractivity contribution in [2.45, 2.75) is 19.1 Å². The molecule has 0 aliphatic heterocycles. The highest BCUT2D eigenvalue weighted by molar-refractivity contribution is 5.79. The second-order valence-electron chi connectivity index (χ2n) is 5.47. The Morgan fingerprint density at radius 1 is 1.12 bits per heavy atom. The molecule has 2 rings (SSSR count). The highest BCUT2D eigenvalue weighted by Crippen LogP contribution is 2.18. The van der Waals surface area contributed by atoms with Crippen molar-refractivity contribution in [3.05, 3.63) is 59.9 Å². The number of benzene rings is 1. The fraction of sp³-hybridized carbons (Fsp3) is 0.333. The zero-order valence-corrected chi connectivity index (χ0v) is 14.4. The Morgan fingerprint density at radius 3 is 2.50 bits per heavy atom. The second kappa shape index (κ2) is 9.65. The van der Waals surface area contributed by atoms with E-state index in [0.29, 0.717) is 19.0 Å². The summed E-state index contributed by atoms with van der Waals surface area (Å²) in [5.74, 6) is 0.822. The van der Waals surface area contributed by atoms with E-state index in [1.807, 2.05) is 18.2 Å². The van der Waals surface area contributed by atoms with Crippen molar-refractivity contribution in [2.75, 3.05) is 20.2 Å². The number of aliphatic imine (C=N–C) groups is 1. The van der Waals surface area contributed by atoms with Gasteiger partial charge in [0.15, 0.2) is 12.6 Å². The molecular weight excluding hydrogens is 345 g/mol. The lowest BCUT2D eigenvalue weighted by Crippen LogP contribution is -2.37. The maximum atomic E-state index is 12.1. The highest BCUT2D eigenvalue weighted by Gasteiger charge is 2.28. The van der Waals surface area contributed by atoms with Crippen LogP contribution in [-0.4, -0.2) is 37.3 Å². The molecule has 140 valence electrons. The third-order valence-electron chi connectivity index (χ3n) is 3.41. The first kappa shape index (κ1) is 19.6. The fourth-order valence-corrected chi connectivity index (χ4v) is 2.13. The molecule has 0 amide bonds. The van der Waals surface area contributed by atoms with E-state index < -0.39 is 12.8 Å². The van der Waals surface area contributed by atoms with Crippen LogP contribution < -0.4 is 15.4 Å². The second-order valence-corrected chi connectivity index (χ2v) is 5.47. The molecule has 0 bridgehead atoms. The Hall–Kier alpha value is -2.77. The number of rotatable bonds is 7. The van der Waals surface area contributed by atoms with Gasteiger partial charge in [0.05, 0.1) is 0 Å². The molecule has 0 fully saturated rings. The molecule has 0 unspecified atom stereocenters. The molecule has 8 heteroatoms. The van der Waals surface area contributed by atoms with E-state index in [-0.39, 0.29) is 5.75 Å². The predicted octanol–water partition coefficient (Wildman–Crippen LogP) is 2.93. The molecule has 0 spiro atoms. The van der Waals surface area contributed by atoms with E-state index in [1.165, 1.54) is 12.1 Å². The van der Waals surface area contributed by atoms with Gasteiger partial charge in [-0.05, 0) is 29.8 Å². The Morgan fingerprint density at radius 2 is 1.88 bits per heavy atom. The third-order valence-corrected chi connectivity index (χ3v) is 3.41. The minimum atomic E-state index is -4.34. The van der Waals surface area contributed by atoms with E-state index in [4.69, 9.17) is 0 Å². The van der Waals surface area contributed by atoms with Crippen LogP contribution in [0, 0.1) is 0 Å². The average molecular weight is 366 g/mol. The van der Waals surface area contributed by atoms with Crippen LogP contribution in [-0.2, 0) is 13.0 Å². The summed E-state index contributed by atoms with van der Waals surface area (Å²) >= 11 is 0. The molecule has 2 aromatic rings. The molecule has 0 radical (unpaired) electrons. The first-order valence-electron chi connectivity index (χ1n) is 8.09. The van der Waals surface area contributed by atoms with Crippen molar-refractivity contribution in [3.63, 3.8) is 0 Å². The summed E-state index contributed by atoms with van der Waals surface area (Å²) in [6.07, 6.45) is -1.81. The smallest absolute Gasteiger partial charge is 0.422 e. The Labute approximate surface area is 150 Å². The molecule has 0 aliphatic carbocycles. The lowest BCUT2D eigenvalue weighted by Gasteiger charge is -2.12. The molecule has 1 aromatic heterocycles. The highest BCUT2D eigenvalue weighted by atomic mass is 19.4. The summed E-state index contributed by atoms with van der Waals surface area (Å²) in [6, 6.07) is 12.2. The zero-order chi connectivity index (χ0) is 18.8. The maximum Gasteiger partial charge on any atom is 0.422 e. The van der Waals surface area contributed by atoms with Crippen molar-refractivity contribution in [1.82, 2.24) is 15.6 Å². The van der Waals surface area contributed by atoms with E-state index >= 15 is 0 Å². The van der Waals surface area contributed by atoms with Gasteiger partial charge >= 0.3 is 6.18 Å². The van der Waals surface area contributed by atoms with Gasteiger partial charge < -0.3 is 15.4 Å². The predicted molar refractivity (Wildman–Crippen MR) is 94.1 cm³/mol. The van der Waals surface area contributed by atoms with Crippen LogP contribution in [0.4, 0.5) is 13.2 Å². The van der Waals surface area contributed by atoms with Crippen molar-refractivity contribution >= 4 is 5.96 Å². The number of pyridine rings is 1. The zero-order valence-electron chi connectivity index (χ0n) is 14.4. The number of nitrogens with one attached hydrogen (secondary N) is 2. The van der Waals surface area contributed by atoms with Crippen LogP contribution in [0.25, 0.3) is 0 Å². The summed E-state index contributed by atoms with van der Waals surface area (Å²) in [4.78, 5) is 8.38. The fourth-order valence-electron chi connectivity index (χ4n) is 2.13. The van der Waals surface area contributed by atoms with Gasteiger partial charge in [-0.3, -0.25) is 9.98 Å². The monoisotopic (exact) mass is 366 g/mol. The molecule has 26 heavy (non-hydrogen) atoms. The van der Waals surface area contributed by atoms with Gasteiger partial charge in [0, 0.05) is 38.4 Å². The Bertz CT molecular complexity index is 688. The van der Waals surface area contributed by atoms with Gasteiger partial charge in [0.25, 0.3) is 0 Å². The molecule has 2 N–H and O–H groups in total. The maximum absolute atomic E-state index is 12.1. The lowest BCUT2D eigenvalue weighted by atomic mass is 10.2. The molecule has 0 saturated heterocycles. The summed E-state index contributed by atoms with van der Waals surface area (Å²) in [6.45, 7) is -0.124. The van der Waals surface area contributed by atoms with E-state index in [1.54, 1.807) is 25.4 Å². The molecule has 5 nitrogen and oxygen atoms in total. The van der Waals surface area contributed by atoms with E-state index in [2.05, 4.69) is 25.3 Å². The van der Waals surface area contributed by atoms with E-state index in [9.17, 15) is 13.2 Å². The van der Waals surface area contributed by atoms with Crippen LogP contribution in [0.3, 0.4) is 0 Å². The standard InChI is InChI=1S/C18H21F3N4O/c1-22-17(24-11-9-15-4-2-3-10-23-15)25-12-14-5-7-16(8-6-14)26-13-18(19,20)21/h2-8,10H,9,11-13H2,1H3,(H2,22,24,25). The number of aromatic nitrogens is 1. The normalized spacial score (nSPS) is 11.9. The van der Waals surface area contributed by atoms with Crippen molar-refractivity contribution in [2.24, 2.45) is 4.99 Å². The van der Waals surface area contributed by atoms with Crippen LogP contribution in [0.1, 0.15) is 11.3 Å². The van der Waals surface area contributed by atoms with Crippen molar-refractivity contribution < 1.29 is 17.9 Å². The van der Waals surface area contributed by atoms with Crippen LogP contribution in [0.2, 0.25) is 0 Å². The molecule has 1 heterocycles. The first-order valence-corrected chi connectivity index (χ1v) is 8.09. The Balaban J connectivity index is 1.73. The number of ether oxygens (including phenoxy) is 1. The van der Waals surface area contributed by atoms with Crippen LogP contribution >= 0.6 is 0 Å². The van der Waals surface area contributed by atoms with Crippen LogP contribution in [0.5, 0.6) is 5.75 Å². The topological polar surface area (TPSA) is 58.5 Å². The van der Waals surface area contributed by atoms with Gasteiger partial charge in [-0.1, -0.05) is 18.2 Å². The summed E-state index contributed by atoms with van der Waals surface area (Å²) in [7, 11) is 1.67. The molecular formula is C18H21F3N4O. The van der Waals surface area contributed by atoms with Crippen LogP contribution in [0.15, 0.2) is 53.7 Å². The Kier molecular flexibility index (Phi) is 7.25. The average Bonchev–Trinajstić information content (AvgIpc) is 2.64. The summed E-state index contributed by atoms with van der Waals surface area (Å²) in [5.41, 5.74) is 1.89. The van der Waals surface area contributed by atoms with Gasteiger partial charge in [-0.15, -0.1) is 0 Å². The SMILES string of the molecule is CN=C(NCCc1ccccn1)NCc1ccc(OCC(F)(F)F)cc1. The van der Waals surface area contributed by atoms with Gasteiger partial charge in [0.2, 0.25) is 0 Å². The van der Waals surface area contributed by atoms with Gasteiger partial charge in [-0.25, -0.2) is 0 Å². The summed E-state index contributed by atoms with van der Waals surface area (Å²) < 4.78 is 41.0. The minimum absolute atomic E-state index is 0.184. The number of nitrogens with zero attached hydrogens (tertiary/aromatic N) is 2. The molecule has 0 atom stereocenters. The number of hydrogen-bond donors (Lipinski definition) is 2. The van der Waals surface area contributed by atoms with E-state index in [0.717, 1.165) is 17.7 Å². The van der Waals surface area contributed by atoms with Crippen molar-refractivity contribution in [3.8, 4) is 5.75 Å². The quantitative estimate of drug-likeness (QED) is 0.584. The minimum Gasteiger partial charge on any atom is -0.484 e. The number of guanidine groups is 1. The molecule has 1 aromatic carbocycles. The third kappa shape index (κ3) is 7.42. The van der Waals surface area contributed by atoms with Gasteiger partial charge in [-0.2, -0.15) is 13.2 Å². The number of alkyl halides is 3. The largest absolute Gasteiger partial charge is 0.484 e. The number of halogens is 3. The van der Waals surface area contributed by atoms with Gasteiger partial charge in [0.1, 0.15) is 5.75 Å². The lowest BCUT2D eigenvalue weighted by molar-refractivity contribution is -0.153. The number of hydrogen-bond acceptors (Lipinski definition) is 3. The van der Waals surface area contributed by atoms with Crippen molar-refractivity contribution in [1.29, 1.82) is 0 Å². The summed E-state index contributed by atoms with van der Waals surface area (Å²) in [5, 5.41) is 6.33. The molecule has 0 aliphatic rings. The first-order chi connectivity index (χ1) is 12.5. The molecule has 0 saturated carbocycles.